The van der Waals surface area contributed by atoms with Crippen molar-refractivity contribution in [3.8, 4) is 28.5 Å². The molecule has 0 saturated heterocycles. The van der Waals surface area contributed by atoms with Crippen LogP contribution in [0.2, 0.25) is 0 Å². The third-order valence-corrected chi connectivity index (χ3v) is 5.04. The minimum Gasteiger partial charge on any atom is -0.497 e. The number of hydrogen-bond donors (Lipinski definition) is 0. The summed E-state index contributed by atoms with van der Waals surface area (Å²) in [5.74, 6) is -4.73. The zero-order chi connectivity index (χ0) is 23.4. The van der Waals surface area contributed by atoms with E-state index in [1.165, 1.54) is 23.8 Å². The third kappa shape index (κ3) is 3.34. The van der Waals surface area contributed by atoms with Crippen molar-refractivity contribution in [2.24, 2.45) is 0 Å². The molecule has 168 valence electrons. The molecular formula is C21H12F5N5O2. The number of methoxy groups -OCH3 is 1. The van der Waals surface area contributed by atoms with E-state index in [1.54, 1.807) is 30.3 Å². The van der Waals surface area contributed by atoms with Crippen molar-refractivity contribution < 1.29 is 31.1 Å². The summed E-state index contributed by atoms with van der Waals surface area (Å²) in [4.78, 5) is 7.99. The van der Waals surface area contributed by atoms with E-state index in [9.17, 15) is 22.0 Å². The summed E-state index contributed by atoms with van der Waals surface area (Å²) in [6.45, 7) is 0. The summed E-state index contributed by atoms with van der Waals surface area (Å²) >= 11 is 0. The van der Waals surface area contributed by atoms with Gasteiger partial charge in [0.15, 0.2) is 0 Å². The molecule has 0 N–H and O–H groups in total. The van der Waals surface area contributed by atoms with Gasteiger partial charge in [0.2, 0.25) is 6.39 Å². The summed E-state index contributed by atoms with van der Waals surface area (Å²) in [7, 11) is 1.42. The van der Waals surface area contributed by atoms with Crippen LogP contribution in [0.4, 0.5) is 22.0 Å². The summed E-state index contributed by atoms with van der Waals surface area (Å²) < 4.78 is 80.0. The lowest BCUT2D eigenvalue weighted by atomic mass is 9.99. The zero-order valence-electron chi connectivity index (χ0n) is 16.6. The highest BCUT2D eigenvalue weighted by Crippen LogP contribution is 2.45. The molecule has 0 radical (unpaired) electrons. The second kappa shape index (κ2) is 7.22. The fourth-order valence-corrected chi connectivity index (χ4v) is 3.45. The minimum atomic E-state index is -5.84. The van der Waals surface area contributed by atoms with E-state index in [2.05, 4.69) is 20.2 Å². The van der Waals surface area contributed by atoms with Crippen LogP contribution in [-0.4, -0.2) is 37.9 Å². The van der Waals surface area contributed by atoms with Gasteiger partial charge in [0.1, 0.15) is 28.4 Å². The predicted octanol–water partition coefficient (Wildman–Crippen LogP) is 5.26. The Morgan fingerprint density at radius 2 is 1.82 bits per heavy atom. The van der Waals surface area contributed by atoms with Crippen molar-refractivity contribution >= 4 is 16.7 Å². The SMILES string of the molecule is COc1cccc(-c2cc(C(F)(F)C(F)(F)F)nc3c2ccc2nc(-c4nnco4)cn23)c1. The number of ether oxygens (including phenoxy) is 1. The van der Waals surface area contributed by atoms with Crippen LogP contribution in [0, 0.1) is 0 Å². The van der Waals surface area contributed by atoms with Gasteiger partial charge in [0, 0.05) is 11.6 Å². The molecule has 33 heavy (non-hydrogen) atoms. The first-order valence-corrected chi connectivity index (χ1v) is 9.38. The Morgan fingerprint density at radius 1 is 1.00 bits per heavy atom. The monoisotopic (exact) mass is 461 g/mol. The van der Waals surface area contributed by atoms with Gasteiger partial charge in [-0.15, -0.1) is 10.2 Å². The lowest BCUT2D eigenvalue weighted by Gasteiger charge is -2.21. The molecule has 0 aliphatic heterocycles. The molecule has 7 nitrogen and oxygen atoms in total. The van der Waals surface area contributed by atoms with Gasteiger partial charge in [-0.05, 0) is 41.5 Å². The Labute approximate surface area is 181 Å². The summed E-state index contributed by atoms with van der Waals surface area (Å²) in [5, 5.41) is 7.62. The number of imidazole rings is 1. The first kappa shape index (κ1) is 20.8. The molecule has 4 heterocycles. The number of aromatic nitrogens is 5. The molecule has 1 aromatic carbocycles. The molecular weight excluding hydrogens is 449 g/mol. The molecule has 0 unspecified atom stereocenters. The van der Waals surface area contributed by atoms with Gasteiger partial charge in [0.25, 0.3) is 5.89 Å². The van der Waals surface area contributed by atoms with E-state index in [4.69, 9.17) is 9.15 Å². The summed E-state index contributed by atoms with van der Waals surface area (Å²) in [6, 6.07) is 10.2. The number of rotatable bonds is 4. The first-order chi connectivity index (χ1) is 15.7. The lowest BCUT2D eigenvalue weighted by molar-refractivity contribution is -0.290. The van der Waals surface area contributed by atoms with Gasteiger partial charge in [0.05, 0.1) is 7.11 Å². The number of fused-ring (bicyclic) bond motifs is 3. The van der Waals surface area contributed by atoms with Crippen molar-refractivity contribution in [1.82, 2.24) is 24.6 Å². The molecule has 0 atom stereocenters. The van der Waals surface area contributed by atoms with Crippen molar-refractivity contribution in [2.45, 2.75) is 12.1 Å². The standard InChI is InChI=1S/C21H12F5N5O2/c1-32-12-4-2-3-11(7-12)14-8-16(20(22,23)21(24,25)26)29-18-13(14)5-6-17-28-15(9-31(17)18)19-30-27-10-33-19/h2-10H,1H3. The topological polar surface area (TPSA) is 78.3 Å². The van der Waals surface area contributed by atoms with Crippen LogP contribution in [0.15, 0.2) is 59.5 Å². The van der Waals surface area contributed by atoms with Gasteiger partial charge < -0.3 is 9.15 Å². The maximum atomic E-state index is 14.4. The number of alkyl halides is 5. The highest BCUT2D eigenvalue weighted by Gasteiger charge is 2.60. The smallest absolute Gasteiger partial charge is 0.459 e. The van der Waals surface area contributed by atoms with Gasteiger partial charge in [-0.1, -0.05) is 12.1 Å². The predicted molar refractivity (Wildman–Crippen MR) is 106 cm³/mol. The Kier molecular flexibility index (Phi) is 4.55. The second-order valence-corrected chi connectivity index (χ2v) is 7.03. The van der Waals surface area contributed by atoms with Crippen molar-refractivity contribution in [1.29, 1.82) is 0 Å². The third-order valence-electron chi connectivity index (χ3n) is 5.04. The van der Waals surface area contributed by atoms with Gasteiger partial charge in [-0.2, -0.15) is 22.0 Å². The second-order valence-electron chi connectivity index (χ2n) is 7.03. The van der Waals surface area contributed by atoms with Crippen LogP contribution in [0.25, 0.3) is 39.4 Å². The van der Waals surface area contributed by atoms with Crippen molar-refractivity contribution in [3.05, 3.63) is 60.7 Å². The lowest BCUT2D eigenvalue weighted by Crippen LogP contribution is -2.34. The molecule has 0 aliphatic rings. The fourth-order valence-electron chi connectivity index (χ4n) is 3.45. The molecule has 0 amide bonds. The van der Waals surface area contributed by atoms with Crippen LogP contribution in [0.3, 0.4) is 0 Å². The van der Waals surface area contributed by atoms with Crippen LogP contribution in [-0.2, 0) is 5.92 Å². The zero-order valence-corrected chi connectivity index (χ0v) is 16.6. The van der Waals surface area contributed by atoms with E-state index in [0.29, 0.717) is 16.7 Å². The normalized spacial score (nSPS) is 12.5. The number of halogens is 5. The van der Waals surface area contributed by atoms with Crippen molar-refractivity contribution in [3.63, 3.8) is 0 Å². The molecule has 4 aromatic heterocycles. The Balaban J connectivity index is 1.85. The molecule has 0 bridgehead atoms. The van der Waals surface area contributed by atoms with Crippen LogP contribution < -0.4 is 4.74 Å². The van der Waals surface area contributed by atoms with E-state index in [-0.39, 0.29) is 28.4 Å². The molecule has 5 rings (SSSR count). The van der Waals surface area contributed by atoms with E-state index in [0.717, 1.165) is 12.5 Å². The Hall–Kier alpha value is -4.09. The van der Waals surface area contributed by atoms with Gasteiger partial charge in [-0.3, -0.25) is 4.40 Å². The van der Waals surface area contributed by atoms with Crippen LogP contribution >= 0.6 is 0 Å². The largest absolute Gasteiger partial charge is 0.497 e. The number of nitrogens with zero attached hydrogens (tertiary/aromatic N) is 5. The first-order valence-electron chi connectivity index (χ1n) is 9.38. The molecule has 0 fully saturated rings. The number of benzene rings is 1. The van der Waals surface area contributed by atoms with Crippen molar-refractivity contribution in [2.75, 3.05) is 7.11 Å². The maximum absolute atomic E-state index is 14.4. The highest BCUT2D eigenvalue weighted by atomic mass is 19.4. The van der Waals surface area contributed by atoms with E-state index in [1.807, 2.05) is 0 Å². The average molecular weight is 461 g/mol. The molecule has 5 aromatic rings. The number of hydrogen-bond acceptors (Lipinski definition) is 6. The molecule has 0 saturated carbocycles. The van der Waals surface area contributed by atoms with Crippen LogP contribution in [0.5, 0.6) is 5.75 Å². The van der Waals surface area contributed by atoms with Gasteiger partial charge >= 0.3 is 12.1 Å². The highest BCUT2D eigenvalue weighted by molar-refractivity contribution is 5.95. The summed E-state index contributed by atoms with van der Waals surface area (Å²) in [5.41, 5.74) is -0.652. The summed E-state index contributed by atoms with van der Waals surface area (Å²) in [6.07, 6.45) is -3.38. The fraction of sp³-hybridized carbons (Fsp3) is 0.143. The maximum Gasteiger partial charge on any atom is 0.459 e. The average Bonchev–Trinajstić information content (AvgIpc) is 3.47. The minimum absolute atomic E-state index is 0.0524. The van der Waals surface area contributed by atoms with E-state index < -0.39 is 17.8 Å². The molecule has 12 heteroatoms. The molecule has 0 aliphatic carbocycles. The molecule has 0 spiro atoms. The number of pyridine rings is 2. The Bertz CT molecular complexity index is 1480. The Morgan fingerprint density at radius 3 is 2.52 bits per heavy atom. The quantitative estimate of drug-likeness (QED) is 0.340. The van der Waals surface area contributed by atoms with Gasteiger partial charge in [-0.25, -0.2) is 9.97 Å². The van der Waals surface area contributed by atoms with E-state index >= 15 is 0 Å². The van der Waals surface area contributed by atoms with Crippen LogP contribution in [0.1, 0.15) is 5.69 Å².